The number of hydrogen-bond donors (Lipinski definition) is 0. The van der Waals surface area contributed by atoms with Crippen LogP contribution in [0.5, 0.6) is 0 Å². The predicted molar refractivity (Wildman–Crippen MR) is 88.6 cm³/mol. The minimum Gasteiger partial charge on any atom is -0.343 e. The van der Waals surface area contributed by atoms with Crippen LogP contribution in [0.1, 0.15) is 25.6 Å². The molecule has 1 aromatic heterocycles. The van der Waals surface area contributed by atoms with Crippen molar-refractivity contribution in [3.05, 3.63) is 60.3 Å². The van der Waals surface area contributed by atoms with Crippen LogP contribution in [0.2, 0.25) is 0 Å². The van der Waals surface area contributed by atoms with E-state index in [2.05, 4.69) is 88.4 Å². The van der Waals surface area contributed by atoms with Crippen molar-refractivity contribution >= 4 is 10.9 Å². The van der Waals surface area contributed by atoms with Crippen molar-refractivity contribution in [2.45, 2.75) is 38.5 Å². The van der Waals surface area contributed by atoms with Gasteiger partial charge in [0.05, 0.1) is 12.1 Å². The van der Waals surface area contributed by atoms with E-state index in [9.17, 15) is 0 Å². The van der Waals surface area contributed by atoms with Crippen LogP contribution in [-0.2, 0) is 6.54 Å². The molecule has 22 heavy (non-hydrogen) atoms. The number of aromatic nitrogens is 1. The van der Waals surface area contributed by atoms with Crippen LogP contribution < -0.4 is 0 Å². The van der Waals surface area contributed by atoms with Crippen molar-refractivity contribution in [2.75, 3.05) is 0 Å². The highest BCUT2D eigenvalue weighted by Crippen LogP contribution is 2.34. The number of aryl methyl sites for hydroxylation is 1. The molecule has 0 bridgehead atoms. The van der Waals surface area contributed by atoms with Gasteiger partial charge in [-0.25, -0.2) is 0 Å². The Hall–Kier alpha value is -2.36. The summed E-state index contributed by atoms with van der Waals surface area (Å²) in [7, 11) is 0. The summed E-state index contributed by atoms with van der Waals surface area (Å²) in [5.41, 5.74) is 2.59. The van der Waals surface area contributed by atoms with Crippen molar-refractivity contribution in [2.24, 2.45) is 10.3 Å². The first-order valence-corrected chi connectivity index (χ1v) is 7.92. The molecule has 4 rings (SSSR count). The van der Waals surface area contributed by atoms with Crippen LogP contribution in [0.3, 0.4) is 0 Å². The standard InChI is InChI=1S/C18H20N4/c1-3-21-16-10-6-4-8-14(16)12-18(21)13(2)22-17-11-7-5-9-15(17)19-20-22/h4-13,15,17H,3H2,1-2H3. The van der Waals surface area contributed by atoms with Crippen molar-refractivity contribution in [1.29, 1.82) is 0 Å². The van der Waals surface area contributed by atoms with Crippen molar-refractivity contribution in [3.8, 4) is 0 Å². The Morgan fingerprint density at radius 1 is 1.18 bits per heavy atom. The number of fused-ring (bicyclic) bond motifs is 2. The summed E-state index contributed by atoms with van der Waals surface area (Å²) in [5.74, 6) is 0. The number of para-hydroxylation sites is 1. The van der Waals surface area contributed by atoms with Gasteiger partial charge in [-0.15, -0.1) is 0 Å². The highest BCUT2D eigenvalue weighted by molar-refractivity contribution is 5.81. The number of nitrogens with zero attached hydrogens (tertiary/aromatic N) is 4. The highest BCUT2D eigenvalue weighted by Gasteiger charge is 2.34. The van der Waals surface area contributed by atoms with E-state index in [1.807, 2.05) is 0 Å². The molecule has 2 aliphatic rings. The van der Waals surface area contributed by atoms with Crippen LogP contribution in [0.25, 0.3) is 10.9 Å². The second-order valence-electron chi connectivity index (χ2n) is 5.88. The SMILES string of the molecule is CCn1c(C(C)N2N=NC3C=CC=CC32)cc2ccccc21. The smallest absolute Gasteiger partial charge is 0.117 e. The number of allylic oxidation sites excluding steroid dienone is 2. The average Bonchev–Trinajstić information content (AvgIpc) is 3.15. The molecule has 0 fully saturated rings. The fourth-order valence-corrected chi connectivity index (χ4v) is 3.52. The summed E-state index contributed by atoms with van der Waals surface area (Å²) >= 11 is 0. The molecule has 3 unspecified atom stereocenters. The maximum absolute atomic E-state index is 4.44. The molecule has 4 nitrogen and oxygen atoms in total. The van der Waals surface area contributed by atoms with Gasteiger partial charge in [-0.1, -0.05) is 47.7 Å². The molecule has 1 aliphatic carbocycles. The molecular formula is C18H20N4. The summed E-state index contributed by atoms with van der Waals surface area (Å²) < 4.78 is 2.38. The van der Waals surface area contributed by atoms with Gasteiger partial charge in [-0.2, -0.15) is 5.11 Å². The second kappa shape index (κ2) is 5.13. The first-order chi connectivity index (χ1) is 10.8. The Balaban J connectivity index is 1.74. The number of hydrogen-bond acceptors (Lipinski definition) is 3. The zero-order valence-corrected chi connectivity index (χ0v) is 12.9. The van der Waals surface area contributed by atoms with E-state index in [0.29, 0.717) is 0 Å². The summed E-state index contributed by atoms with van der Waals surface area (Å²) in [6.45, 7) is 5.37. The summed E-state index contributed by atoms with van der Waals surface area (Å²) in [4.78, 5) is 0. The fraction of sp³-hybridized carbons (Fsp3) is 0.333. The Morgan fingerprint density at radius 3 is 2.86 bits per heavy atom. The Morgan fingerprint density at radius 2 is 2.00 bits per heavy atom. The molecule has 0 amide bonds. The van der Waals surface area contributed by atoms with Gasteiger partial charge in [0, 0.05) is 17.8 Å². The molecule has 2 heterocycles. The quantitative estimate of drug-likeness (QED) is 0.831. The molecule has 0 saturated heterocycles. The van der Waals surface area contributed by atoms with Crippen molar-refractivity contribution < 1.29 is 0 Å². The van der Waals surface area contributed by atoms with Gasteiger partial charge < -0.3 is 4.57 Å². The summed E-state index contributed by atoms with van der Waals surface area (Å²) in [5, 5.41) is 12.3. The Labute approximate surface area is 130 Å². The highest BCUT2D eigenvalue weighted by atomic mass is 15.6. The fourth-order valence-electron chi connectivity index (χ4n) is 3.52. The van der Waals surface area contributed by atoms with E-state index in [4.69, 9.17) is 0 Å². The lowest BCUT2D eigenvalue weighted by atomic mass is 10.0. The Kier molecular flexibility index (Phi) is 3.10. The lowest BCUT2D eigenvalue weighted by Gasteiger charge is -2.29. The van der Waals surface area contributed by atoms with Crippen LogP contribution in [0, 0.1) is 0 Å². The van der Waals surface area contributed by atoms with Gasteiger partial charge in [-0.3, -0.25) is 5.01 Å². The number of rotatable bonds is 3. The zero-order chi connectivity index (χ0) is 15.1. The van der Waals surface area contributed by atoms with Crippen LogP contribution in [0.4, 0.5) is 0 Å². The molecule has 0 N–H and O–H groups in total. The van der Waals surface area contributed by atoms with Gasteiger partial charge >= 0.3 is 0 Å². The van der Waals surface area contributed by atoms with E-state index < -0.39 is 0 Å². The van der Waals surface area contributed by atoms with E-state index in [1.54, 1.807) is 0 Å². The Bertz CT molecular complexity index is 783. The maximum atomic E-state index is 4.44. The van der Waals surface area contributed by atoms with E-state index >= 15 is 0 Å². The molecule has 4 heteroatoms. The topological polar surface area (TPSA) is 32.9 Å². The molecule has 1 aromatic carbocycles. The van der Waals surface area contributed by atoms with Crippen molar-refractivity contribution in [1.82, 2.24) is 9.58 Å². The van der Waals surface area contributed by atoms with Gasteiger partial charge in [-0.05, 0) is 31.4 Å². The predicted octanol–water partition coefficient (Wildman–Crippen LogP) is 4.27. The number of benzene rings is 1. The minimum absolute atomic E-state index is 0.159. The molecule has 2 aromatic rings. The lowest BCUT2D eigenvalue weighted by Crippen LogP contribution is -2.35. The normalized spacial score (nSPS) is 24.2. The van der Waals surface area contributed by atoms with E-state index in [0.717, 1.165) is 6.54 Å². The molecular weight excluding hydrogens is 272 g/mol. The van der Waals surface area contributed by atoms with Gasteiger partial charge in [0.1, 0.15) is 6.04 Å². The third-order valence-electron chi connectivity index (χ3n) is 4.66. The van der Waals surface area contributed by atoms with Gasteiger partial charge in [0.15, 0.2) is 0 Å². The van der Waals surface area contributed by atoms with E-state index in [-0.39, 0.29) is 18.1 Å². The third kappa shape index (κ3) is 1.90. The molecule has 0 spiro atoms. The monoisotopic (exact) mass is 292 g/mol. The first-order valence-electron chi connectivity index (χ1n) is 7.92. The molecule has 0 saturated carbocycles. The molecule has 0 radical (unpaired) electrons. The lowest BCUT2D eigenvalue weighted by molar-refractivity contribution is 0.191. The second-order valence-corrected chi connectivity index (χ2v) is 5.88. The van der Waals surface area contributed by atoms with Crippen LogP contribution in [0.15, 0.2) is 65.0 Å². The van der Waals surface area contributed by atoms with Gasteiger partial charge in [0.25, 0.3) is 0 Å². The average molecular weight is 292 g/mol. The first kappa shape index (κ1) is 13.3. The van der Waals surface area contributed by atoms with Gasteiger partial charge in [0.2, 0.25) is 0 Å². The maximum Gasteiger partial charge on any atom is 0.117 e. The summed E-state index contributed by atoms with van der Waals surface area (Å²) in [6.07, 6.45) is 8.46. The minimum atomic E-state index is 0.159. The molecule has 112 valence electrons. The molecule has 1 aliphatic heterocycles. The zero-order valence-electron chi connectivity index (χ0n) is 12.9. The third-order valence-corrected chi connectivity index (χ3v) is 4.66. The van der Waals surface area contributed by atoms with Crippen LogP contribution >= 0.6 is 0 Å². The summed E-state index contributed by atoms with van der Waals surface area (Å²) in [6, 6.07) is 11.4. The largest absolute Gasteiger partial charge is 0.343 e. The van der Waals surface area contributed by atoms with E-state index in [1.165, 1.54) is 16.6 Å². The van der Waals surface area contributed by atoms with Crippen LogP contribution in [-0.4, -0.2) is 21.7 Å². The molecule has 3 atom stereocenters. The van der Waals surface area contributed by atoms with Crippen molar-refractivity contribution in [3.63, 3.8) is 0 Å².